The zero-order chi connectivity index (χ0) is 25.3. The van der Waals surface area contributed by atoms with E-state index in [2.05, 4.69) is 10.3 Å². The van der Waals surface area contributed by atoms with Crippen LogP contribution in [0.4, 0.5) is 0 Å². The van der Waals surface area contributed by atoms with Gasteiger partial charge in [-0.05, 0) is 38.3 Å². The number of fused-ring (bicyclic) bond motifs is 1. The Labute approximate surface area is 198 Å². The molecule has 34 heavy (non-hydrogen) atoms. The molecule has 0 aliphatic carbocycles. The Kier molecular flexibility index (Phi) is 9.61. The number of amides is 1. The normalized spacial score (nSPS) is 13.2. The third kappa shape index (κ3) is 7.58. The first-order valence-corrected chi connectivity index (χ1v) is 11.2. The van der Waals surface area contributed by atoms with Crippen molar-refractivity contribution in [2.24, 2.45) is 11.1 Å². The van der Waals surface area contributed by atoms with Crippen LogP contribution in [0.3, 0.4) is 0 Å². The summed E-state index contributed by atoms with van der Waals surface area (Å²) in [5.74, 6) is -3.01. The number of carboxylic acids is 1. The van der Waals surface area contributed by atoms with E-state index in [0.29, 0.717) is 6.42 Å². The van der Waals surface area contributed by atoms with Crippen molar-refractivity contribution in [2.75, 3.05) is 6.79 Å². The molecule has 0 unspecified atom stereocenters. The van der Waals surface area contributed by atoms with Gasteiger partial charge in [-0.25, -0.2) is 4.79 Å². The summed E-state index contributed by atoms with van der Waals surface area (Å²) in [5.41, 5.74) is 6.40. The number of carboxylic acid groups (broad SMARTS) is 1. The van der Waals surface area contributed by atoms with Crippen LogP contribution in [0.5, 0.6) is 0 Å². The molecule has 0 radical (unpaired) electrons. The zero-order valence-electron chi connectivity index (χ0n) is 19.8. The number of carbonyl (C=O) groups is 4. The maximum absolute atomic E-state index is 12.8. The van der Waals surface area contributed by atoms with Gasteiger partial charge < -0.3 is 30.6 Å². The summed E-state index contributed by atoms with van der Waals surface area (Å²) in [5, 5.41) is 12.4. The van der Waals surface area contributed by atoms with Gasteiger partial charge in [-0.2, -0.15) is 0 Å². The number of rotatable bonds is 13. The fraction of sp³-hybridized carbons (Fsp3) is 0.500. The summed E-state index contributed by atoms with van der Waals surface area (Å²) in [6.45, 7) is 4.89. The lowest BCUT2D eigenvalue weighted by atomic mass is 9.88. The molecule has 5 N–H and O–H groups in total. The second kappa shape index (κ2) is 12.2. The van der Waals surface area contributed by atoms with E-state index in [1.54, 1.807) is 20.0 Å². The van der Waals surface area contributed by atoms with Crippen LogP contribution in [-0.2, 0) is 35.1 Å². The van der Waals surface area contributed by atoms with E-state index in [1.807, 2.05) is 31.2 Å². The third-order valence-electron chi connectivity index (χ3n) is 5.54. The monoisotopic (exact) mass is 475 g/mol. The molecule has 1 heterocycles. The van der Waals surface area contributed by atoms with Gasteiger partial charge in [0.05, 0.1) is 5.41 Å². The number of hydrogen-bond donors (Lipinski definition) is 4. The van der Waals surface area contributed by atoms with E-state index < -0.39 is 48.1 Å². The van der Waals surface area contributed by atoms with E-state index >= 15 is 0 Å². The second-order valence-corrected chi connectivity index (χ2v) is 8.81. The first-order valence-electron chi connectivity index (χ1n) is 11.2. The molecule has 0 spiro atoms. The predicted molar refractivity (Wildman–Crippen MR) is 125 cm³/mol. The number of benzene rings is 1. The lowest BCUT2D eigenvalue weighted by molar-refractivity contribution is -0.175. The van der Waals surface area contributed by atoms with Crippen molar-refractivity contribution in [2.45, 2.75) is 65.0 Å². The zero-order valence-corrected chi connectivity index (χ0v) is 19.8. The number of ether oxygens (including phenoxy) is 2. The molecular formula is C24H33N3O7. The molecule has 2 atom stereocenters. The Balaban J connectivity index is 2.06. The number of aromatic nitrogens is 1. The number of esters is 2. The van der Waals surface area contributed by atoms with E-state index in [4.69, 9.17) is 20.3 Å². The smallest absolute Gasteiger partial charge is 0.331 e. The molecule has 1 amide bonds. The molecular weight excluding hydrogens is 442 g/mol. The van der Waals surface area contributed by atoms with Crippen molar-refractivity contribution in [3.8, 4) is 0 Å². The van der Waals surface area contributed by atoms with Gasteiger partial charge in [0.15, 0.2) is 0 Å². The Morgan fingerprint density at radius 1 is 1.18 bits per heavy atom. The summed E-state index contributed by atoms with van der Waals surface area (Å²) in [6.07, 6.45) is 3.02. The van der Waals surface area contributed by atoms with Crippen LogP contribution in [0.2, 0.25) is 0 Å². The Morgan fingerprint density at radius 2 is 1.88 bits per heavy atom. The largest absolute Gasteiger partial charge is 0.480 e. The molecule has 2 aromatic rings. The highest BCUT2D eigenvalue weighted by Gasteiger charge is 2.29. The number of H-pyrrole nitrogens is 1. The van der Waals surface area contributed by atoms with Crippen LogP contribution in [0.25, 0.3) is 10.9 Å². The summed E-state index contributed by atoms with van der Waals surface area (Å²) in [6, 6.07) is 5.24. The molecule has 0 aliphatic heterocycles. The van der Waals surface area contributed by atoms with Crippen molar-refractivity contribution in [3.63, 3.8) is 0 Å². The lowest BCUT2D eigenvalue weighted by Gasteiger charge is -2.22. The number of aliphatic carboxylic acids is 1. The summed E-state index contributed by atoms with van der Waals surface area (Å²) < 4.78 is 10.3. The van der Waals surface area contributed by atoms with Crippen LogP contribution >= 0.6 is 0 Å². The Bertz CT molecular complexity index is 1010. The fourth-order valence-electron chi connectivity index (χ4n) is 3.55. The van der Waals surface area contributed by atoms with Crippen molar-refractivity contribution < 1.29 is 33.8 Å². The molecule has 10 nitrogen and oxygen atoms in total. The Morgan fingerprint density at radius 3 is 2.56 bits per heavy atom. The van der Waals surface area contributed by atoms with Gasteiger partial charge in [0.25, 0.3) is 0 Å². The van der Waals surface area contributed by atoms with Crippen LogP contribution in [0.15, 0.2) is 30.5 Å². The van der Waals surface area contributed by atoms with Gasteiger partial charge in [-0.15, -0.1) is 0 Å². The average molecular weight is 476 g/mol. The van der Waals surface area contributed by atoms with Crippen LogP contribution in [-0.4, -0.2) is 52.8 Å². The molecule has 0 saturated carbocycles. The number of nitrogens with two attached hydrogens (primary N) is 1. The van der Waals surface area contributed by atoms with E-state index in [-0.39, 0.29) is 19.3 Å². The quantitative estimate of drug-likeness (QED) is 0.253. The topological polar surface area (TPSA) is 161 Å². The fourth-order valence-corrected chi connectivity index (χ4v) is 3.55. The predicted octanol–water partition coefficient (Wildman–Crippen LogP) is 2.26. The standard InChI is InChI=1S/C24H33N3O7/c1-4-11-24(2,3)23(32)34-14-33-22(31)19(27-20(28)10-9-17(25)21(29)30)12-15-13-26-18-8-6-5-7-16(15)18/h5-8,13,17,19,26H,4,9-12,14,25H2,1-3H3,(H,27,28)(H,29,30)/t17-,19-/m1/s1. The van der Waals surface area contributed by atoms with E-state index in [9.17, 15) is 19.2 Å². The minimum Gasteiger partial charge on any atom is -0.480 e. The van der Waals surface area contributed by atoms with Crippen molar-refractivity contribution in [3.05, 3.63) is 36.0 Å². The number of aromatic amines is 1. The van der Waals surface area contributed by atoms with Crippen molar-refractivity contribution >= 4 is 34.7 Å². The minimum atomic E-state index is -1.21. The molecule has 2 rings (SSSR count). The van der Waals surface area contributed by atoms with E-state index in [0.717, 1.165) is 22.9 Å². The SMILES string of the molecule is CCCC(C)(C)C(=O)OCOC(=O)[C@@H](Cc1c[nH]c2ccccc12)NC(=O)CC[C@@H](N)C(=O)O. The lowest BCUT2D eigenvalue weighted by Crippen LogP contribution is -2.44. The van der Waals surface area contributed by atoms with Gasteiger partial charge in [-0.1, -0.05) is 31.5 Å². The highest BCUT2D eigenvalue weighted by Crippen LogP contribution is 2.24. The molecule has 1 aromatic carbocycles. The minimum absolute atomic E-state index is 0.0832. The number of para-hydroxylation sites is 1. The average Bonchev–Trinajstić information content (AvgIpc) is 3.19. The van der Waals surface area contributed by atoms with Crippen molar-refractivity contribution in [1.29, 1.82) is 0 Å². The van der Waals surface area contributed by atoms with E-state index in [1.165, 1.54) is 0 Å². The molecule has 0 saturated heterocycles. The third-order valence-corrected chi connectivity index (χ3v) is 5.54. The number of nitrogens with one attached hydrogen (secondary N) is 2. The van der Waals surface area contributed by atoms with Gasteiger partial charge in [-0.3, -0.25) is 14.4 Å². The van der Waals surface area contributed by atoms with Gasteiger partial charge in [0.1, 0.15) is 12.1 Å². The highest BCUT2D eigenvalue weighted by atomic mass is 16.7. The molecule has 0 fully saturated rings. The molecule has 1 aromatic heterocycles. The van der Waals surface area contributed by atoms with Crippen molar-refractivity contribution in [1.82, 2.24) is 10.3 Å². The van der Waals surface area contributed by atoms with Crippen LogP contribution in [0.1, 0.15) is 52.0 Å². The van der Waals surface area contributed by atoms with Gasteiger partial charge in [0, 0.05) is 29.9 Å². The second-order valence-electron chi connectivity index (χ2n) is 8.81. The van der Waals surface area contributed by atoms with Crippen LogP contribution < -0.4 is 11.1 Å². The maximum Gasteiger partial charge on any atom is 0.331 e. The summed E-state index contributed by atoms with van der Waals surface area (Å²) in [4.78, 5) is 51.4. The summed E-state index contributed by atoms with van der Waals surface area (Å²) >= 11 is 0. The molecule has 10 heteroatoms. The van der Waals surface area contributed by atoms with Gasteiger partial charge >= 0.3 is 17.9 Å². The number of carbonyl (C=O) groups excluding carboxylic acids is 3. The highest BCUT2D eigenvalue weighted by molar-refractivity contribution is 5.87. The van der Waals surface area contributed by atoms with Crippen LogP contribution in [0, 0.1) is 5.41 Å². The maximum atomic E-state index is 12.8. The first-order chi connectivity index (χ1) is 16.0. The van der Waals surface area contributed by atoms with Gasteiger partial charge in [0.2, 0.25) is 12.7 Å². The molecule has 0 aliphatic rings. The molecule has 186 valence electrons. The Hall–Kier alpha value is -3.40. The molecule has 0 bridgehead atoms. The number of hydrogen-bond acceptors (Lipinski definition) is 7. The summed E-state index contributed by atoms with van der Waals surface area (Å²) in [7, 11) is 0. The first kappa shape index (κ1) is 26.8.